The summed E-state index contributed by atoms with van der Waals surface area (Å²) in [6.07, 6.45) is 2.35. The van der Waals surface area contributed by atoms with Gasteiger partial charge in [0, 0.05) is 18.3 Å². The zero-order valence-corrected chi connectivity index (χ0v) is 16.1. The van der Waals surface area contributed by atoms with Crippen LogP contribution in [0.3, 0.4) is 0 Å². The van der Waals surface area contributed by atoms with Gasteiger partial charge in [0.2, 0.25) is 5.91 Å². The van der Waals surface area contributed by atoms with Crippen LogP contribution in [0.1, 0.15) is 19.8 Å². The Kier molecular flexibility index (Phi) is 8.98. The lowest BCUT2D eigenvalue weighted by Crippen LogP contribution is -2.43. The molecule has 1 aliphatic rings. The highest BCUT2D eigenvalue weighted by molar-refractivity contribution is 14.0. The summed E-state index contributed by atoms with van der Waals surface area (Å²) in [4.78, 5) is 18.2. The first kappa shape index (κ1) is 20.6. The van der Waals surface area contributed by atoms with Crippen LogP contribution < -0.4 is 16.4 Å². The van der Waals surface area contributed by atoms with Gasteiger partial charge in [-0.25, -0.2) is 9.38 Å². The molecule has 0 saturated carbocycles. The molecule has 1 amide bonds. The Hall–Kier alpha value is -1.42. The number of guanidine groups is 1. The van der Waals surface area contributed by atoms with Crippen LogP contribution in [-0.2, 0) is 4.79 Å². The van der Waals surface area contributed by atoms with E-state index in [1.807, 2.05) is 0 Å². The molecule has 6 nitrogen and oxygen atoms in total. The minimum Gasteiger partial charge on any atom is -0.370 e. The third-order valence-electron chi connectivity index (χ3n) is 3.93. The first-order chi connectivity index (χ1) is 11.1. The fraction of sp³-hybridized carbons (Fsp3) is 0.500. The van der Waals surface area contributed by atoms with E-state index in [0.29, 0.717) is 11.7 Å². The minimum absolute atomic E-state index is 0. The van der Waals surface area contributed by atoms with Crippen LogP contribution in [0.25, 0.3) is 0 Å². The van der Waals surface area contributed by atoms with E-state index in [4.69, 9.17) is 5.73 Å². The van der Waals surface area contributed by atoms with E-state index in [0.717, 1.165) is 26.1 Å². The smallest absolute Gasteiger partial charge is 0.246 e. The number of carbonyl (C=O) groups is 1. The van der Waals surface area contributed by atoms with Crippen LogP contribution in [0.2, 0.25) is 0 Å². The zero-order chi connectivity index (χ0) is 16.7. The van der Waals surface area contributed by atoms with Crippen molar-refractivity contribution < 1.29 is 9.18 Å². The van der Waals surface area contributed by atoms with Crippen LogP contribution in [-0.4, -0.2) is 49.0 Å². The standard InChI is InChI=1S/C16H24FN5O.HI/c1-2-22-8-4-7-14(22)10-19-16(18)20-11-15(23)21-13-6-3-5-12(17)9-13;/h3,5-6,9,14H,2,4,7-8,10-11H2,1H3,(H,21,23)(H3,18,19,20);1H. The van der Waals surface area contributed by atoms with Gasteiger partial charge in [-0.05, 0) is 44.1 Å². The lowest BCUT2D eigenvalue weighted by atomic mass is 10.2. The predicted octanol–water partition coefficient (Wildman–Crippen LogP) is 1.77. The number of carbonyl (C=O) groups excluding carboxylic acids is 1. The van der Waals surface area contributed by atoms with Crippen molar-refractivity contribution in [1.82, 2.24) is 10.2 Å². The summed E-state index contributed by atoms with van der Waals surface area (Å²) in [6, 6.07) is 6.19. The molecule has 1 aromatic rings. The van der Waals surface area contributed by atoms with Gasteiger partial charge >= 0.3 is 0 Å². The molecule has 1 unspecified atom stereocenters. The molecule has 1 atom stereocenters. The van der Waals surface area contributed by atoms with E-state index >= 15 is 0 Å². The molecular weight excluding hydrogens is 424 g/mol. The summed E-state index contributed by atoms with van der Waals surface area (Å²) in [5.74, 6) is -0.483. The number of halogens is 2. The fourth-order valence-corrected chi connectivity index (χ4v) is 2.74. The summed E-state index contributed by atoms with van der Waals surface area (Å²) in [5.41, 5.74) is 6.19. The number of likely N-dealkylation sites (N-methyl/N-ethyl adjacent to an activating group) is 1. The summed E-state index contributed by atoms with van der Waals surface area (Å²) in [6.45, 7) is 4.92. The van der Waals surface area contributed by atoms with Crippen molar-refractivity contribution in [2.24, 2.45) is 10.7 Å². The van der Waals surface area contributed by atoms with E-state index < -0.39 is 5.82 Å². The van der Waals surface area contributed by atoms with Crippen molar-refractivity contribution in [2.45, 2.75) is 25.8 Å². The van der Waals surface area contributed by atoms with Gasteiger partial charge < -0.3 is 16.4 Å². The van der Waals surface area contributed by atoms with E-state index in [2.05, 4.69) is 27.4 Å². The molecular formula is C16H25FIN5O. The van der Waals surface area contributed by atoms with Gasteiger partial charge in [-0.2, -0.15) is 0 Å². The average molecular weight is 449 g/mol. The fourth-order valence-electron chi connectivity index (χ4n) is 2.74. The summed E-state index contributed by atoms with van der Waals surface area (Å²) in [7, 11) is 0. The second-order valence-electron chi connectivity index (χ2n) is 5.57. The summed E-state index contributed by atoms with van der Waals surface area (Å²) in [5, 5.41) is 5.64. The number of nitrogens with two attached hydrogens (primary N) is 1. The van der Waals surface area contributed by atoms with Gasteiger partial charge in [-0.1, -0.05) is 13.0 Å². The number of hydrogen-bond acceptors (Lipinski definition) is 3. The number of likely N-dealkylation sites (tertiary alicyclic amines) is 1. The maximum Gasteiger partial charge on any atom is 0.246 e. The second-order valence-corrected chi connectivity index (χ2v) is 5.57. The quantitative estimate of drug-likeness (QED) is 0.351. The highest BCUT2D eigenvalue weighted by Gasteiger charge is 2.22. The lowest BCUT2D eigenvalue weighted by Gasteiger charge is -2.23. The molecule has 1 aromatic carbocycles. The van der Waals surface area contributed by atoms with Gasteiger partial charge in [0.1, 0.15) is 12.4 Å². The van der Waals surface area contributed by atoms with Crippen LogP contribution in [0.15, 0.2) is 29.3 Å². The second kappa shape index (κ2) is 10.4. The summed E-state index contributed by atoms with van der Waals surface area (Å²) >= 11 is 0. The Morgan fingerprint density at radius 3 is 3.00 bits per heavy atom. The molecule has 134 valence electrons. The Bertz CT molecular complexity index is 569. The molecule has 4 N–H and O–H groups in total. The van der Waals surface area contributed by atoms with Crippen LogP contribution >= 0.6 is 24.0 Å². The Morgan fingerprint density at radius 2 is 2.29 bits per heavy atom. The Morgan fingerprint density at radius 1 is 1.50 bits per heavy atom. The third kappa shape index (κ3) is 6.60. The predicted molar refractivity (Wildman–Crippen MR) is 105 cm³/mol. The number of rotatable bonds is 6. The number of anilines is 1. The van der Waals surface area contributed by atoms with Crippen LogP contribution in [0, 0.1) is 5.82 Å². The van der Waals surface area contributed by atoms with Gasteiger partial charge in [-0.15, -0.1) is 24.0 Å². The SMILES string of the molecule is CCN1CCCC1CNC(N)=NCC(=O)Nc1cccc(F)c1.I. The zero-order valence-electron chi connectivity index (χ0n) is 13.8. The van der Waals surface area contributed by atoms with Crippen molar-refractivity contribution in [3.8, 4) is 0 Å². The monoisotopic (exact) mass is 449 g/mol. The molecule has 24 heavy (non-hydrogen) atoms. The number of nitrogens with one attached hydrogen (secondary N) is 2. The van der Waals surface area contributed by atoms with Crippen molar-refractivity contribution in [1.29, 1.82) is 0 Å². The van der Waals surface area contributed by atoms with Crippen LogP contribution in [0.5, 0.6) is 0 Å². The highest BCUT2D eigenvalue weighted by Crippen LogP contribution is 2.15. The first-order valence-electron chi connectivity index (χ1n) is 7.91. The lowest BCUT2D eigenvalue weighted by molar-refractivity contribution is -0.114. The molecule has 0 radical (unpaired) electrons. The van der Waals surface area contributed by atoms with E-state index in [-0.39, 0.29) is 42.4 Å². The van der Waals surface area contributed by atoms with Gasteiger partial charge in [0.05, 0.1) is 0 Å². The van der Waals surface area contributed by atoms with Crippen molar-refractivity contribution in [3.63, 3.8) is 0 Å². The number of hydrogen-bond donors (Lipinski definition) is 3. The first-order valence-corrected chi connectivity index (χ1v) is 7.91. The van der Waals surface area contributed by atoms with Gasteiger partial charge in [0.15, 0.2) is 5.96 Å². The molecule has 1 fully saturated rings. The Labute approximate surface area is 159 Å². The maximum atomic E-state index is 13.0. The molecule has 1 saturated heterocycles. The van der Waals surface area contributed by atoms with Gasteiger partial charge in [0.25, 0.3) is 0 Å². The van der Waals surface area contributed by atoms with Gasteiger partial charge in [-0.3, -0.25) is 9.69 Å². The molecule has 1 aliphatic heterocycles. The average Bonchev–Trinajstić information content (AvgIpc) is 2.98. The normalized spacial score (nSPS) is 18.1. The molecule has 0 aliphatic carbocycles. The third-order valence-corrected chi connectivity index (χ3v) is 3.93. The molecule has 1 heterocycles. The number of amides is 1. The topological polar surface area (TPSA) is 82.8 Å². The molecule has 2 rings (SSSR count). The van der Waals surface area contributed by atoms with Crippen molar-refractivity contribution in [2.75, 3.05) is 31.5 Å². The summed E-state index contributed by atoms with van der Waals surface area (Å²) < 4.78 is 13.0. The largest absolute Gasteiger partial charge is 0.370 e. The van der Waals surface area contributed by atoms with E-state index in [1.165, 1.54) is 24.6 Å². The Balaban J connectivity index is 0.00000288. The molecule has 0 aromatic heterocycles. The van der Waals surface area contributed by atoms with E-state index in [9.17, 15) is 9.18 Å². The minimum atomic E-state index is -0.399. The van der Waals surface area contributed by atoms with Crippen molar-refractivity contribution >= 4 is 41.5 Å². The van der Waals surface area contributed by atoms with Crippen LogP contribution in [0.4, 0.5) is 10.1 Å². The number of nitrogens with zero attached hydrogens (tertiary/aromatic N) is 2. The van der Waals surface area contributed by atoms with Crippen molar-refractivity contribution in [3.05, 3.63) is 30.1 Å². The maximum absolute atomic E-state index is 13.0. The molecule has 0 spiro atoms. The number of benzene rings is 1. The molecule has 8 heteroatoms. The van der Waals surface area contributed by atoms with E-state index in [1.54, 1.807) is 6.07 Å². The number of aliphatic imine (C=N–C) groups is 1. The molecule has 0 bridgehead atoms. The highest BCUT2D eigenvalue weighted by atomic mass is 127.